The van der Waals surface area contributed by atoms with Crippen LogP contribution in [-0.2, 0) is 21.4 Å². The van der Waals surface area contributed by atoms with Gasteiger partial charge in [-0.25, -0.2) is 13.1 Å². The number of fused-ring (bicyclic) bond motifs is 1. The van der Waals surface area contributed by atoms with Crippen LogP contribution in [0.2, 0.25) is 0 Å². The largest absolute Gasteiger partial charge is 0.485 e. The van der Waals surface area contributed by atoms with E-state index < -0.39 is 16.1 Å². The van der Waals surface area contributed by atoms with Crippen molar-refractivity contribution in [2.24, 2.45) is 0 Å². The van der Waals surface area contributed by atoms with Crippen LogP contribution in [0.4, 0.5) is 0 Å². The third kappa shape index (κ3) is 4.60. The molecule has 1 saturated heterocycles. The smallest absolute Gasteiger partial charge is 0.267 e. The van der Waals surface area contributed by atoms with Crippen LogP contribution in [0.1, 0.15) is 30.4 Å². The number of carbonyl (C=O) groups is 1. The first-order valence-corrected chi connectivity index (χ1v) is 11.7. The van der Waals surface area contributed by atoms with Crippen molar-refractivity contribution in [3.05, 3.63) is 53.6 Å². The number of likely N-dealkylation sites (tertiary alicyclic amines) is 1. The molecule has 1 fully saturated rings. The highest BCUT2D eigenvalue weighted by atomic mass is 32.2. The second-order valence-electron chi connectivity index (χ2n) is 7.72. The molecule has 0 spiro atoms. The molecule has 0 saturated carbocycles. The van der Waals surface area contributed by atoms with Crippen molar-refractivity contribution in [2.75, 3.05) is 19.7 Å². The Morgan fingerprint density at radius 2 is 1.80 bits per heavy atom. The van der Waals surface area contributed by atoms with E-state index in [9.17, 15) is 13.2 Å². The average molecular weight is 431 g/mol. The maximum absolute atomic E-state index is 12.7. The first-order chi connectivity index (χ1) is 14.4. The fourth-order valence-electron chi connectivity index (χ4n) is 3.63. The van der Waals surface area contributed by atoms with Crippen molar-refractivity contribution in [3.63, 3.8) is 0 Å². The van der Waals surface area contributed by atoms with E-state index in [1.165, 1.54) is 12.1 Å². The van der Waals surface area contributed by atoms with Crippen molar-refractivity contribution in [2.45, 2.75) is 43.7 Å². The summed E-state index contributed by atoms with van der Waals surface area (Å²) in [5.74, 6) is 0.641. The lowest BCUT2D eigenvalue weighted by molar-refractivity contribution is -0.142. The van der Waals surface area contributed by atoms with Gasteiger partial charge in [-0.05, 0) is 43.9 Å². The number of nitrogens with one attached hydrogen (secondary N) is 1. The van der Waals surface area contributed by atoms with Gasteiger partial charge in [-0.2, -0.15) is 0 Å². The predicted octanol–water partition coefficient (Wildman–Crippen LogP) is 2.63. The van der Waals surface area contributed by atoms with Crippen LogP contribution < -0.4 is 14.2 Å². The van der Waals surface area contributed by atoms with Crippen LogP contribution >= 0.6 is 0 Å². The Balaban J connectivity index is 1.42. The Labute approximate surface area is 177 Å². The minimum Gasteiger partial charge on any atom is -0.485 e. The molecular formula is C22H26N2O5S. The Kier molecular flexibility index (Phi) is 5.97. The summed E-state index contributed by atoms with van der Waals surface area (Å²) in [6.07, 6.45) is 2.46. The number of sulfonamides is 1. The number of hydrogen-bond acceptors (Lipinski definition) is 5. The topological polar surface area (TPSA) is 84.9 Å². The highest BCUT2D eigenvalue weighted by molar-refractivity contribution is 7.89. The molecule has 8 heteroatoms. The van der Waals surface area contributed by atoms with Gasteiger partial charge in [0.2, 0.25) is 16.1 Å². The molecule has 30 heavy (non-hydrogen) atoms. The second-order valence-corrected chi connectivity index (χ2v) is 9.49. The number of piperidine rings is 1. The van der Waals surface area contributed by atoms with Gasteiger partial charge < -0.3 is 14.4 Å². The SMILES string of the molecule is Cc1ccc(CNS(=O)(=O)c2ccc3c(c2)OC[C@H](C(=O)N2CCCCC2)O3)cc1. The van der Waals surface area contributed by atoms with Crippen LogP contribution in [0.3, 0.4) is 0 Å². The molecule has 1 N–H and O–H groups in total. The van der Waals surface area contributed by atoms with Gasteiger partial charge in [0, 0.05) is 25.7 Å². The summed E-state index contributed by atoms with van der Waals surface area (Å²) in [6.45, 7) is 3.74. The molecule has 0 unspecified atom stereocenters. The highest BCUT2D eigenvalue weighted by Crippen LogP contribution is 2.34. The van der Waals surface area contributed by atoms with Gasteiger partial charge in [-0.3, -0.25) is 4.79 Å². The third-order valence-corrected chi connectivity index (χ3v) is 6.81. The van der Waals surface area contributed by atoms with Crippen LogP contribution in [0.5, 0.6) is 11.5 Å². The zero-order valence-corrected chi connectivity index (χ0v) is 17.8. The average Bonchev–Trinajstić information content (AvgIpc) is 2.78. The molecule has 2 aromatic carbocycles. The normalized spacial score (nSPS) is 18.8. The zero-order chi connectivity index (χ0) is 21.1. The van der Waals surface area contributed by atoms with Crippen molar-refractivity contribution in [1.29, 1.82) is 0 Å². The maximum Gasteiger partial charge on any atom is 0.267 e. The molecule has 2 aliphatic rings. The summed E-state index contributed by atoms with van der Waals surface area (Å²) in [5.41, 5.74) is 1.99. The van der Waals surface area contributed by atoms with Crippen LogP contribution in [0.25, 0.3) is 0 Å². The monoisotopic (exact) mass is 430 g/mol. The molecule has 0 aliphatic carbocycles. The molecular weight excluding hydrogens is 404 g/mol. The third-order valence-electron chi connectivity index (χ3n) is 5.42. The lowest BCUT2D eigenvalue weighted by Gasteiger charge is -2.32. The lowest BCUT2D eigenvalue weighted by Crippen LogP contribution is -2.48. The molecule has 2 heterocycles. The number of ether oxygens (including phenoxy) is 2. The van der Waals surface area contributed by atoms with Gasteiger partial charge in [-0.15, -0.1) is 0 Å². The number of rotatable bonds is 5. The molecule has 1 amide bonds. The van der Waals surface area contributed by atoms with Gasteiger partial charge in [0.1, 0.15) is 6.61 Å². The zero-order valence-electron chi connectivity index (χ0n) is 17.0. The number of aryl methyl sites for hydroxylation is 1. The fourth-order valence-corrected chi connectivity index (χ4v) is 4.66. The number of carbonyl (C=O) groups excluding carboxylic acids is 1. The van der Waals surface area contributed by atoms with E-state index in [0.717, 1.165) is 43.5 Å². The van der Waals surface area contributed by atoms with E-state index in [0.29, 0.717) is 11.5 Å². The van der Waals surface area contributed by atoms with Crippen LogP contribution in [-0.4, -0.2) is 45.0 Å². The van der Waals surface area contributed by atoms with Gasteiger partial charge in [-0.1, -0.05) is 29.8 Å². The number of hydrogen-bond donors (Lipinski definition) is 1. The number of nitrogens with zero attached hydrogens (tertiary/aromatic N) is 1. The van der Waals surface area contributed by atoms with Crippen LogP contribution in [0.15, 0.2) is 47.4 Å². The van der Waals surface area contributed by atoms with Gasteiger partial charge in [0.15, 0.2) is 11.5 Å². The van der Waals surface area contributed by atoms with E-state index in [1.54, 1.807) is 6.07 Å². The van der Waals surface area contributed by atoms with Crippen molar-refractivity contribution >= 4 is 15.9 Å². The van der Waals surface area contributed by atoms with E-state index in [1.807, 2.05) is 36.1 Å². The highest BCUT2D eigenvalue weighted by Gasteiger charge is 2.32. The molecule has 0 aromatic heterocycles. The first kappa shape index (κ1) is 20.7. The summed E-state index contributed by atoms with van der Waals surface area (Å²) >= 11 is 0. The molecule has 7 nitrogen and oxygen atoms in total. The minimum atomic E-state index is -3.71. The van der Waals surface area contributed by atoms with Crippen molar-refractivity contribution in [1.82, 2.24) is 9.62 Å². The predicted molar refractivity (Wildman–Crippen MR) is 112 cm³/mol. The number of benzene rings is 2. The van der Waals surface area contributed by atoms with E-state index >= 15 is 0 Å². The summed E-state index contributed by atoms with van der Waals surface area (Å²) in [4.78, 5) is 14.6. The minimum absolute atomic E-state index is 0.0721. The van der Waals surface area contributed by atoms with E-state index in [-0.39, 0.29) is 24.0 Å². The van der Waals surface area contributed by atoms with E-state index in [4.69, 9.17) is 9.47 Å². The Morgan fingerprint density at radius 3 is 2.53 bits per heavy atom. The second kappa shape index (κ2) is 8.65. The standard InChI is InChI=1S/C22H26N2O5S/c1-16-5-7-17(8-6-16)14-23-30(26,27)18-9-10-19-20(13-18)28-15-21(29-19)22(25)24-11-3-2-4-12-24/h5-10,13,21,23H,2-4,11-12,14-15H2,1H3/t21-/m1/s1. The molecule has 4 rings (SSSR count). The first-order valence-electron chi connectivity index (χ1n) is 10.2. The Bertz CT molecular complexity index is 1010. The summed E-state index contributed by atoms with van der Waals surface area (Å²) < 4.78 is 39.5. The fraction of sp³-hybridized carbons (Fsp3) is 0.409. The van der Waals surface area contributed by atoms with Crippen molar-refractivity contribution in [3.8, 4) is 11.5 Å². The van der Waals surface area contributed by atoms with Crippen molar-refractivity contribution < 1.29 is 22.7 Å². The van der Waals surface area contributed by atoms with Gasteiger partial charge in [0.05, 0.1) is 4.90 Å². The van der Waals surface area contributed by atoms with E-state index in [2.05, 4.69) is 4.72 Å². The maximum atomic E-state index is 12.7. The quantitative estimate of drug-likeness (QED) is 0.788. The molecule has 1 atom stereocenters. The summed E-state index contributed by atoms with van der Waals surface area (Å²) in [7, 11) is -3.71. The molecule has 160 valence electrons. The summed E-state index contributed by atoms with van der Waals surface area (Å²) in [5, 5.41) is 0. The molecule has 0 bridgehead atoms. The molecule has 2 aliphatic heterocycles. The number of amides is 1. The van der Waals surface area contributed by atoms with Gasteiger partial charge in [0.25, 0.3) is 5.91 Å². The molecule has 0 radical (unpaired) electrons. The lowest BCUT2D eigenvalue weighted by atomic mass is 10.1. The Morgan fingerprint density at radius 1 is 1.07 bits per heavy atom. The molecule has 2 aromatic rings. The van der Waals surface area contributed by atoms with Gasteiger partial charge >= 0.3 is 0 Å². The summed E-state index contributed by atoms with van der Waals surface area (Å²) in [6, 6.07) is 12.1. The van der Waals surface area contributed by atoms with Crippen LogP contribution in [0, 0.1) is 6.92 Å². The Hall–Kier alpha value is -2.58.